The van der Waals surface area contributed by atoms with Crippen LogP contribution in [0.1, 0.15) is 0 Å². The van der Waals surface area contributed by atoms with Crippen LogP contribution in [-0.2, 0) is 0 Å². The fourth-order valence-electron chi connectivity index (χ4n) is 9.34. The predicted molar refractivity (Wildman–Crippen MR) is 264 cm³/mol. The minimum atomic E-state index is 0.687. The Morgan fingerprint density at radius 2 is 0.810 bits per heavy atom. The third-order valence-corrected chi connectivity index (χ3v) is 12.4. The topological polar surface area (TPSA) is 30.7 Å². The molecular formula is C60H39N3. The molecule has 12 aromatic rings. The van der Waals surface area contributed by atoms with Crippen molar-refractivity contribution in [3.05, 3.63) is 237 Å². The first kappa shape index (κ1) is 36.5. The van der Waals surface area contributed by atoms with Crippen LogP contribution in [0.4, 0.5) is 0 Å². The minimum Gasteiger partial charge on any atom is -0.309 e. The Morgan fingerprint density at radius 1 is 0.302 bits per heavy atom. The van der Waals surface area contributed by atoms with Gasteiger partial charge in [-0.15, -0.1) is 0 Å². The molecule has 0 atom stereocenters. The molecule has 0 saturated carbocycles. The second-order valence-electron chi connectivity index (χ2n) is 16.2. The summed E-state index contributed by atoms with van der Waals surface area (Å²) in [5.41, 5.74) is 16.6. The Kier molecular flexibility index (Phi) is 8.83. The molecule has 0 aliphatic heterocycles. The Hall–Kier alpha value is -8.40. The van der Waals surface area contributed by atoms with Gasteiger partial charge in [0.25, 0.3) is 0 Å². The second-order valence-corrected chi connectivity index (χ2v) is 16.2. The van der Waals surface area contributed by atoms with Gasteiger partial charge in [-0.1, -0.05) is 182 Å². The van der Waals surface area contributed by atoms with Gasteiger partial charge in [0.1, 0.15) is 0 Å². The average molecular weight is 802 g/mol. The van der Waals surface area contributed by atoms with Crippen LogP contribution < -0.4 is 0 Å². The molecular weight excluding hydrogens is 763 g/mol. The molecule has 3 nitrogen and oxygen atoms in total. The van der Waals surface area contributed by atoms with Gasteiger partial charge in [0.05, 0.1) is 22.2 Å². The van der Waals surface area contributed by atoms with Crippen LogP contribution in [0.2, 0.25) is 0 Å². The fourth-order valence-corrected chi connectivity index (χ4v) is 9.34. The van der Waals surface area contributed by atoms with E-state index in [9.17, 15) is 0 Å². The van der Waals surface area contributed by atoms with Crippen molar-refractivity contribution in [2.45, 2.75) is 0 Å². The monoisotopic (exact) mass is 801 g/mol. The van der Waals surface area contributed by atoms with Gasteiger partial charge in [0.15, 0.2) is 5.82 Å². The van der Waals surface area contributed by atoms with Gasteiger partial charge >= 0.3 is 0 Å². The Bertz CT molecular complexity index is 3620. The second kappa shape index (κ2) is 15.3. The zero-order chi connectivity index (χ0) is 41.7. The summed E-state index contributed by atoms with van der Waals surface area (Å²) in [5, 5.41) is 5.94. The highest BCUT2D eigenvalue weighted by Gasteiger charge is 2.20. The van der Waals surface area contributed by atoms with Gasteiger partial charge in [-0.05, 0) is 110 Å². The van der Waals surface area contributed by atoms with E-state index < -0.39 is 0 Å². The summed E-state index contributed by atoms with van der Waals surface area (Å²) in [6.07, 6.45) is 0. The van der Waals surface area contributed by atoms with Gasteiger partial charge < -0.3 is 4.57 Å². The summed E-state index contributed by atoms with van der Waals surface area (Å²) in [4.78, 5) is 10.7. The highest BCUT2D eigenvalue weighted by atomic mass is 15.0. The first-order valence-electron chi connectivity index (χ1n) is 21.5. The number of rotatable bonds is 7. The van der Waals surface area contributed by atoms with Crippen LogP contribution in [-0.4, -0.2) is 14.5 Å². The summed E-state index contributed by atoms with van der Waals surface area (Å²) < 4.78 is 2.41. The van der Waals surface area contributed by atoms with E-state index in [0.29, 0.717) is 5.82 Å². The van der Waals surface area contributed by atoms with Crippen molar-refractivity contribution in [1.82, 2.24) is 14.5 Å². The van der Waals surface area contributed by atoms with Crippen LogP contribution in [0.25, 0.3) is 116 Å². The summed E-state index contributed by atoms with van der Waals surface area (Å²) in [6.45, 7) is 0. The maximum Gasteiger partial charge on any atom is 0.160 e. The lowest BCUT2D eigenvalue weighted by Crippen LogP contribution is -1.98. The molecule has 3 heteroatoms. The molecule has 2 heterocycles. The van der Waals surface area contributed by atoms with Crippen LogP contribution in [0.15, 0.2) is 237 Å². The quantitative estimate of drug-likeness (QED) is 0.161. The molecule has 2 aromatic heterocycles. The molecule has 0 amide bonds. The Balaban J connectivity index is 1.03. The third kappa shape index (κ3) is 6.46. The molecule has 0 fully saturated rings. The third-order valence-electron chi connectivity index (χ3n) is 12.4. The van der Waals surface area contributed by atoms with Crippen LogP contribution in [0.3, 0.4) is 0 Å². The van der Waals surface area contributed by atoms with Crippen molar-refractivity contribution < 1.29 is 0 Å². The average Bonchev–Trinajstić information content (AvgIpc) is 3.69. The van der Waals surface area contributed by atoms with Crippen LogP contribution in [0, 0.1) is 0 Å². The van der Waals surface area contributed by atoms with Gasteiger partial charge in [-0.25, -0.2) is 9.97 Å². The van der Waals surface area contributed by atoms with Crippen molar-refractivity contribution in [2.24, 2.45) is 0 Å². The van der Waals surface area contributed by atoms with Crippen molar-refractivity contribution >= 4 is 43.5 Å². The summed E-state index contributed by atoms with van der Waals surface area (Å²) in [6, 6.07) is 84.6. The maximum absolute atomic E-state index is 5.39. The van der Waals surface area contributed by atoms with Gasteiger partial charge in [0.2, 0.25) is 0 Å². The number of hydrogen-bond acceptors (Lipinski definition) is 2. The van der Waals surface area contributed by atoms with Gasteiger partial charge in [-0.3, -0.25) is 0 Å². The van der Waals surface area contributed by atoms with E-state index in [1.807, 2.05) is 0 Å². The molecule has 0 aliphatic rings. The van der Waals surface area contributed by atoms with Crippen molar-refractivity contribution in [2.75, 3.05) is 0 Å². The lowest BCUT2D eigenvalue weighted by atomic mass is 9.91. The molecule has 0 saturated heterocycles. The van der Waals surface area contributed by atoms with E-state index in [0.717, 1.165) is 55.7 Å². The van der Waals surface area contributed by atoms with Crippen molar-refractivity contribution in [1.29, 1.82) is 0 Å². The highest BCUT2D eigenvalue weighted by Crippen LogP contribution is 2.42. The van der Waals surface area contributed by atoms with E-state index in [2.05, 4.69) is 241 Å². The van der Waals surface area contributed by atoms with E-state index in [1.165, 1.54) is 54.8 Å². The normalized spacial score (nSPS) is 11.5. The maximum atomic E-state index is 5.39. The van der Waals surface area contributed by atoms with E-state index >= 15 is 0 Å². The van der Waals surface area contributed by atoms with E-state index in [4.69, 9.17) is 9.97 Å². The molecule has 12 rings (SSSR count). The first-order chi connectivity index (χ1) is 31.2. The smallest absolute Gasteiger partial charge is 0.160 e. The molecule has 0 N–H and O–H groups in total. The Morgan fingerprint density at radius 3 is 1.48 bits per heavy atom. The summed E-state index contributed by atoms with van der Waals surface area (Å²) >= 11 is 0. The lowest BCUT2D eigenvalue weighted by Gasteiger charge is -2.16. The van der Waals surface area contributed by atoms with E-state index in [-0.39, 0.29) is 0 Å². The lowest BCUT2D eigenvalue weighted by molar-refractivity contribution is 1.17. The first-order valence-corrected chi connectivity index (χ1v) is 21.5. The van der Waals surface area contributed by atoms with Crippen LogP contribution in [0.5, 0.6) is 0 Å². The number of aromatic nitrogens is 3. The zero-order valence-corrected chi connectivity index (χ0v) is 34.4. The van der Waals surface area contributed by atoms with Crippen molar-refractivity contribution in [3.8, 4) is 72.8 Å². The summed E-state index contributed by atoms with van der Waals surface area (Å²) in [7, 11) is 0. The molecule has 10 aromatic carbocycles. The largest absolute Gasteiger partial charge is 0.309 e. The molecule has 0 unspecified atom stereocenters. The minimum absolute atomic E-state index is 0.687. The molecule has 0 spiro atoms. The SMILES string of the molecule is c1ccc(-c2ccc(-c3cc4c(-c5ccccc5)nc(-c5ccc(-n6c7cc8ccccc8cc7c7c(-c8ccccc8)cccc76)cc5)nc4cc3-c3ccccc3)cc2)cc1. The van der Waals surface area contributed by atoms with E-state index in [1.54, 1.807) is 0 Å². The number of nitrogens with zero attached hydrogens (tertiary/aromatic N) is 3. The highest BCUT2D eigenvalue weighted by molar-refractivity contribution is 6.18. The summed E-state index contributed by atoms with van der Waals surface area (Å²) in [5.74, 6) is 0.687. The molecule has 0 bridgehead atoms. The van der Waals surface area contributed by atoms with Gasteiger partial charge in [0, 0.05) is 33.0 Å². The van der Waals surface area contributed by atoms with Crippen LogP contribution >= 0.6 is 0 Å². The number of fused-ring (bicyclic) bond motifs is 5. The molecule has 294 valence electrons. The molecule has 63 heavy (non-hydrogen) atoms. The standard InChI is InChI=1S/C60H39N3/c1-5-16-40(17-6-1)41-28-30-44(31-29-41)51-38-53-55(39-52(51)43-20-9-3-10-21-43)61-60(62-59(53)45-22-11-4-12-23-45)46-32-34-49(35-33-46)63-56-27-15-26-50(42-18-7-2-8-19-42)58(56)54-36-47-24-13-14-25-48(47)37-57(54)63/h1-39H. The molecule has 0 radical (unpaired) electrons. The zero-order valence-electron chi connectivity index (χ0n) is 34.4. The Labute approximate surface area is 365 Å². The van der Waals surface area contributed by atoms with Gasteiger partial charge in [-0.2, -0.15) is 0 Å². The molecule has 0 aliphatic carbocycles. The number of hydrogen-bond donors (Lipinski definition) is 0. The number of benzene rings is 10. The fraction of sp³-hybridized carbons (Fsp3) is 0. The predicted octanol–water partition coefficient (Wildman–Crippen LogP) is 15.9. The van der Waals surface area contributed by atoms with Crippen molar-refractivity contribution in [3.63, 3.8) is 0 Å².